The summed E-state index contributed by atoms with van der Waals surface area (Å²) in [6, 6.07) is 17.4. The van der Waals surface area contributed by atoms with E-state index in [0.717, 1.165) is 24.0 Å². The minimum Gasteiger partial charge on any atom is -0.445 e. The van der Waals surface area contributed by atoms with Crippen LogP contribution in [0.4, 0.5) is 4.79 Å². The van der Waals surface area contributed by atoms with Gasteiger partial charge in [0, 0.05) is 32.2 Å². The first-order valence-corrected chi connectivity index (χ1v) is 9.57. The third kappa shape index (κ3) is 4.09. The summed E-state index contributed by atoms with van der Waals surface area (Å²) in [6.07, 6.45) is 0.520. The second-order valence-electron chi connectivity index (χ2n) is 7.04. The number of nitrogens with one attached hydrogen (secondary N) is 2. The van der Waals surface area contributed by atoms with Gasteiger partial charge in [0.2, 0.25) is 0 Å². The Bertz CT molecular complexity index is 996. The van der Waals surface area contributed by atoms with Gasteiger partial charge in [-0.3, -0.25) is 14.6 Å². The number of benzene rings is 2. The number of fused-ring (bicyclic) bond motifs is 1. The first kappa shape index (κ1) is 18.3. The van der Waals surface area contributed by atoms with Crippen LogP contribution in [-0.2, 0) is 17.9 Å². The molecular formula is C21H24N4O3. The molecule has 0 saturated carbocycles. The summed E-state index contributed by atoms with van der Waals surface area (Å²) in [7, 11) is 0. The largest absolute Gasteiger partial charge is 0.445 e. The Morgan fingerprint density at radius 3 is 2.75 bits per heavy atom. The van der Waals surface area contributed by atoms with Gasteiger partial charge in [-0.15, -0.1) is 0 Å². The van der Waals surface area contributed by atoms with E-state index >= 15 is 0 Å². The maximum Gasteiger partial charge on any atom is 0.410 e. The lowest BCUT2D eigenvalue weighted by Gasteiger charge is -2.33. The molecule has 0 radical (unpaired) electrons. The highest BCUT2D eigenvalue weighted by atomic mass is 16.6. The molecule has 1 fully saturated rings. The number of piperazine rings is 1. The normalized spacial score (nSPS) is 17.0. The molecule has 7 nitrogen and oxygen atoms in total. The molecule has 0 spiro atoms. The van der Waals surface area contributed by atoms with Gasteiger partial charge in [-0.05, 0) is 24.1 Å². The van der Waals surface area contributed by atoms with Gasteiger partial charge >= 0.3 is 6.09 Å². The van der Waals surface area contributed by atoms with Crippen LogP contribution in [0.25, 0.3) is 10.9 Å². The molecule has 1 amide bonds. The molecule has 2 N–H and O–H groups in total. The van der Waals surface area contributed by atoms with Crippen molar-refractivity contribution in [2.75, 3.05) is 19.6 Å². The van der Waals surface area contributed by atoms with Crippen LogP contribution in [0.3, 0.4) is 0 Å². The minimum atomic E-state index is -0.282. The highest BCUT2D eigenvalue weighted by molar-refractivity contribution is 5.78. The molecular weight excluding hydrogens is 356 g/mol. The van der Waals surface area contributed by atoms with Crippen molar-refractivity contribution in [3.63, 3.8) is 0 Å². The number of nitrogens with zero attached hydrogens (tertiary/aromatic N) is 2. The number of carbonyl (C=O) groups excluding carboxylic acids is 1. The van der Waals surface area contributed by atoms with Crippen molar-refractivity contribution >= 4 is 17.0 Å². The van der Waals surface area contributed by atoms with Crippen LogP contribution in [0.2, 0.25) is 0 Å². The number of ether oxygens (including phenoxy) is 1. The Hall–Kier alpha value is -3.06. The molecule has 7 heteroatoms. The van der Waals surface area contributed by atoms with Gasteiger partial charge in [-0.25, -0.2) is 4.79 Å². The SMILES string of the molecule is O=C(OCc1ccccc1)N1CCN[C@H](CCn2[nH]c(=O)c3ccccc32)C1. The fourth-order valence-electron chi connectivity index (χ4n) is 3.60. The molecule has 3 aromatic rings. The van der Waals surface area contributed by atoms with Gasteiger partial charge in [-0.2, -0.15) is 0 Å². The predicted molar refractivity (Wildman–Crippen MR) is 107 cm³/mol. The minimum absolute atomic E-state index is 0.0710. The third-order valence-corrected chi connectivity index (χ3v) is 5.10. The van der Waals surface area contributed by atoms with Crippen molar-refractivity contribution in [3.8, 4) is 0 Å². The van der Waals surface area contributed by atoms with Crippen molar-refractivity contribution in [2.45, 2.75) is 25.6 Å². The fraction of sp³-hybridized carbons (Fsp3) is 0.333. The number of rotatable bonds is 5. The van der Waals surface area contributed by atoms with Gasteiger partial charge in [0.15, 0.2) is 0 Å². The highest BCUT2D eigenvalue weighted by Gasteiger charge is 2.24. The summed E-state index contributed by atoms with van der Waals surface area (Å²) in [4.78, 5) is 26.2. The standard InChI is InChI=1S/C21H24N4O3/c26-20-18-8-4-5-9-19(18)25(23-20)12-10-17-14-24(13-11-22-17)21(27)28-15-16-6-2-1-3-7-16/h1-9,17,22H,10-15H2,(H,23,26)/t17-/m1/s1. The first-order valence-electron chi connectivity index (χ1n) is 9.57. The van der Waals surface area contributed by atoms with E-state index in [1.807, 2.05) is 59.3 Å². The van der Waals surface area contributed by atoms with Gasteiger partial charge in [0.25, 0.3) is 5.56 Å². The van der Waals surface area contributed by atoms with Crippen molar-refractivity contribution in [3.05, 3.63) is 70.5 Å². The summed E-state index contributed by atoms with van der Waals surface area (Å²) in [6.45, 7) is 2.91. The lowest BCUT2D eigenvalue weighted by Crippen LogP contribution is -2.53. The number of aromatic amines is 1. The van der Waals surface area contributed by atoms with E-state index in [4.69, 9.17) is 4.74 Å². The van der Waals surface area contributed by atoms with E-state index < -0.39 is 0 Å². The molecule has 0 bridgehead atoms. The van der Waals surface area contributed by atoms with Crippen molar-refractivity contribution in [2.24, 2.45) is 0 Å². The first-order chi connectivity index (χ1) is 13.7. The van der Waals surface area contributed by atoms with Crippen molar-refractivity contribution in [1.29, 1.82) is 0 Å². The number of amides is 1. The summed E-state index contributed by atoms with van der Waals surface area (Å²) < 4.78 is 7.33. The molecule has 4 rings (SSSR count). The Morgan fingerprint density at radius 2 is 1.89 bits per heavy atom. The topological polar surface area (TPSA) is 79.4 Å². The fourth-order valence-corrected chi connectivity index (χ4v) is 3.60. The molecule has 2 heterocycles. The quantitative estimate of drug-likeness (QED) is 0.712. The molecule has 2 aromatic carbocycles. The number of para-hydroxylation sites is 1. The Balaban J connectivity index is 1.32. The number of hydrogen-bond donors (Lipinski definition) is 2. The summed E-state index contributed by atoms with van der Waals surface area (Å²) >= 11 is 0. The Morgan fingerprint density at radius 1 is 1.11 bits per heavy atom. The molecule has 1 atom stereocenters. The van der Waals surface area contributed by atoms with Crippen LogP contribution >= 0.6 is 0 Å². The maximum absolute atomic E-state index is 12.4. The Kier molecular flexibility index (Phi) is 5.43. The molecule has 0 aliphatic carbocycles. The van der Waals surface area contributed by atoms with Gasteiger partial charge in [0.05, 0.1) is 10.9 Å². The number of H-pyrrole nitrogens is 1. The Labute approximate surface area is 162 Å². The number of aryl methyl sites for hydroxylation is 1. The van der Waals surface area contributed by atoms with E-state index in [1.165, 1.54) is 0 Å². The maximum atomic E-state index is 12.4. The van der Waals surface area contributed by atoms with Gasteiger partial charge < -0.3 is 15.0 Å². The molecule has 28 heavy (non-hydrogen) atoms. The van der Waals surface area contributed by atoms with Gasteiger partial charge in [0.1, 0.15) is 6.61 Å². The van der Waals surface area contributed by atoms with E-state index in [-0.39, 0.29) is 24.3 Å². The molecule has 1 saturated heterocycles. The van der Waals surface area contributed by atoms with E-state index in [0.29, 0.717) is 25.0 Å². The molecule has 1 aromatic heterocycles. The zero-order valence-electron chi connectivity index (χ0n) is 15.6. The van der Waals surface area contributed by atoms with Crippen LogP contribution in [0.1, 0.15) is 12.0 Å². The second-order valence-corrected chi connectivity index (χ2v) is 7.04. The molecule has 1 aliphatic heterocycles. The summed E-state index contributed by atoms with van der Waals surface area (Å²) in [5.74, 6) is 0. The van der Waals surface area contributed by atoms with Crippen molar-refractivity contribution < 1.29 is 9.53 Å². The van der Waals surface area contributed by atoms with Crippen molar-refractivity contribution in [1.82, 2.24) is 20.0 Å². The van der Waals surface area contributed by atoms with Crippen LogP contribution in [0.5, 0.6) is 0 Å². The average molecular weight is 380 g/mol. The van der Waals surface area contributed by atoms with E-state index in [1.54, 1.807) is 4.90 Å². The second kappa shape index (κ2) is 8.31. The predicted octanol–water partition coefficient (Wildman–Crippen LogP) is 2.33. The summed E-state index contributed by atoms with van der Waals surface area (Å²) in [5.41, 5.74) is 1.81. The number of carbonyl (C=O) groups is 1. The van der Waals surface area contributed by atoms with E-state index in [2.05, 4.69) is 10.4 Å². The van der Waals surface area contributed by atoms with E-state index in [9.17, 15) is 9.59 Å². The van der Waals surface area contributed by atoms with Crippen LogP contribution in [0.15, 0.2) is 59.4 Å². The highest BCUT2D eigenvalue weighted by Crippen LogP contribution is 2.12. The van der Waals surface area contributed by atoms with Crippen LogP contribution < -0.4 is 10.9 Å². The lowest BCUT2D eigenvalue weighted by atomic mass is 10.1. The number of aromatic nitrogens is 2. The molecule has 146 valence electrons. The number of hydrogen-bond acceptors (Lipinski definition) is 4. The summed E-state index contributed by atoms with van der Waals surface area (Å²) in [5, 5.41) is 7.04. The smallest absolute Gasteiger partial charge is 0.410 e. The zero-order valence-corrected chi connectivity index (χ0v) is 15.6. The molecule has 0 unspecified atom stereocenters. The molecule has 1 aliphatic rings. The zero-order chi connectivity index (χ0) is 19.3. The van der Waals surface area contributed by atoms with Crippen LogP contribution in [-0.4, -0.2) is 46.4 Å². The average Bonchev–Trinajstić information content (AvgIpc) is 3.07. The third-order valence-electron chi connectivity index (χ3n) is 5.10. The van der Waals surface area contributed by atoms with Gasteiger partial charge in [-0.1, -0.05) is 42.5 Å². The van der Waals surface area contributed by atoms with Crippen LogP contribution in [0, 0.1) is 0 Å². The monoisotopic (exact) mass is 380 g/mol. The lowest BCUT2D eigenvalue weighted by molar-refractivity contribution is 0.0838.